The van der Waals surface area contributed by atoms with Crippen LogP contribution in [0.5, 0.6) is 0 Å². The molecule has 0 aromatic heterocycles. The Morgan fingerprint density at radius 3 is 0.557 bits per heavy atom. The van der Waals surface area contributed by atoms with E-state index in [9.17, 15) is 149 Å². The molecule has 0 aromatic rings. The number of alkyl halides is 34. The van der Waals surface area contributed by atoms with Crippen molar-refractivity contribution in [1.82, 2.24) is 4.65 Å². The van der Waals surface area contributed by atoms with Gasteiger partial charge in [0.2, 0.25) is 0 Å². The fourth-order valence-corrected chi connectivity index (χ4v) is 14.9. The van der Waals surface area contributed by atoms with Crippen LogP contribution < -0.4 is 4.65 Å². The molecule has 0 radical (unpaired) electrons. The summed E-state index contributed by atoms with van der Waals surface area (Å²) < 4.78 is 461. The third-order valence-corrected chi connectivity index (χ3v) is 16.8. The molecule has 0 rings (SSSR count). The average molecular weight is 1030 g/mol. The molecule has 0 amide bonds. The van der Waals surface area contributed by atoms with E-state index in [1.165, 1.54) is 0 Å². The minimum absolute atomic E-state index is 0.469. The van der Waals surface area contributed by atoms with Gasteiger partial charge in [0.1, 0.15) is 16.5 Å². The van der Waals surface area contributed by atoms with Crippen LogP contribution in [0.15, 0.2) is 0 Å². The van der Waals surface area contributed by atoms with Crippen molar-refractivity contribution in [1.29, 1.82) is 0 Å². The van der Waals surface area contributed by atoms with Crippen LogP contribution in [-0.4, -0.2) is 112 Å². The summed E-state index contributed by atoms with van der Waals surface area (Å²) in [6.45, 7) is 1.88. The summed E-state index contributed by atoms with van der Waals surface area (Å²) in [7, 11) is -9.01. The lowest BCUT2D eigenvalue weighted by atomic mass is 9.88. The topological polar surface area (TPSA) is 12.0 Å². The van der Waals surface area contributed by atoms with Crippen LogP contribution in [0.3, 0.4) is 0 Å². The zero-order chi connectivity index (χ0) is 50.5. The normalized spacial score (nSPS) is 17.0. The lowest BCUT2D eigenvalue weighted by Gasteiger charge is -2.43. The van der Waals surface area contributed by atoms with Gasteiger partial charge in [-0.1, -0.05) is 26.2 Å². The average Bonchev–Trinajstić information content (AvgIpc) is 3.00. The van der Waals surface area contributed by atoms with Crippen molar-refractivity contribution in [2.75, 3.05) is 0 Å². The first-order valence-corrected chi connectivity index (χ1v) is 21.3. The van der Waals surface area contributed by atoms with Gasteiger partial charge < -0.3 is 4.65 Å². The highest BCUT2D eigenvalue weighted by Crippen LogP contribution is 2.66. The van der Waals surface area contributed by atoms with Gasteiger partial charge in [-0.15, -0.1) is 0 Å². The molecule has 0 bridgehead atoms. The molecule has 0 aliphatic heterocycles. The van der Waals surface area contributed by atoms with Gasteiger partial charge in [0, 0.05) is 12.8 Å². The lowest BCUT2D eigenvalue weighted by Crippen LogP contribution is -2.74. The lowest BCUT2D eigenvalue weighted by molar-refractivity contribution is -0.461. The minimum atomic E-state index is -8.97. The van der Waals surface area contributed by atoms with E-state index in [4.69, 9.17) is 0 Å². The number of hydrogen-bond acceptors (Lipinski definition) is 1. The van der Waals surface area contributed by atoms with Crippen molar-refractivity contribution in [2.45, 2.75) is 146 Å². The fraction of sp³-hybridized carbons (Fsp3) is 1.00. The predicted octanol–water partition coefficient (Wildman–Crippen LogP) is 13.8. The molecule has 0 aliphatic carbocycles. The summed E-state index contributed by atoms with van der Waals surface area (Å²) in [5.41, 5.74) is 0. The first kappa shape index (κ1) is 59.0. The van der Waals surface area contributed by atoms with Gasteiger partial charge in [-0.3, -0.25) is 0 Å². The van der Waals surface area contributed by atoms with Gasteiger partial charge in [-0.05, 0) is 12.1 Å². The fourth-order valence-electron chi connectivity index (χ4n) is 4.69. The van der Waals surface area contributed by atoms with Gasteiger partial charge in [-0.2, -0.15) is 149 Å². The van der Waals surface area contributed by atoms with Crippen LogP contribution in [0.2, 0.25) is 38.3 Å². The van der Waals surface area contributed by atoms with Crippen LogP contribution in [0.1, 0.15) is 12.8 Å². The van der Waals surface area contributed by atoms with E-state index in [2.05, 4.69) is 0 Å². The maximum atomic E-state index is 14.4. The molecule has 0 unspecified atom stereocenters. The Morgan fingerprint density at radius 2 is 0.393 bits per heavy atom. The first-order valence-electron chi connectivity index (χ1n) is 14.8. The highest BCUT2D eigenvalue weighted by Gasteiger charge is 2.97. The highest BCUT2D eigenvalue weighted by atomic mass is 28.4. The second kappa shape index (κ2) is 15.3. The molecule has 0 fully saturated rings. The van der Waals surface area contributed by atoms with Crippen molar-refractivity contribution >= 4 is 16.5 Å². The molecule has 368 valence electrons. The summed E-state index contributed by atoms with van der Waals surface area (Å²) in [4.78, 5) is 0. The van der Waals surface area contributed by atoms with E-state index in [1.54, 1.807) is 0 Å². The Kier molecular flexibility index (Phi) is 14.8. The van der Waals surface area contributed by atoms with Crippen molar-refractivity contribution in [3.8, 4) is 0 Å². The monoisotopic (exact) mass is 1030 g/mol. The molecule has 61 heavy (non-hydrogen) atoms. The van der Waals surface area contributed by atoms with E-state index >= 15 is 0 Å². The van der Waals surface area contributed by atoms with Crippen molar-refractivity contribution < 1.29 is 149 Å². The second-order valence-electron chi connectivity index (χ2n) is 14.2. The Hall–Kier alpha value is -1.99. The Morgan fingerprint density at radius 1 is 0.246 bits per heavy atom. The summed E-state index contributed by atoms with van der Waals surface area (Å²) in [6, 6.07) is -3.90. The molecule has 1 nitrogen and oxygen atoms in total. The van der Waals surface area contributed by atoms with E-state index in [1.807, 2.05) is 4.65 Å². The maximum absolute atomic E-state index is 14.4. The Balaban J connectivity index is 6.56. The molecule has 1 N–H and O–H groups in total. The van der Waals surface area contributed by atoms with Crippen LogP contribution in [0, 0.1) is 0 Å². The van der Waals surface area contributed by atoms with Crippen LogP contribution in [-0.2, 0) is 0 Å². The van der Waals surface area contributed by atoms with Crippen LogP contribution in [0.25, 0.3) is 0 Å². The van der Waals surface area contributed by atoms with Gasteiger partial charge in [0.05, 0.1) is 0 Å². The largest absolute Gasteiger partial charge is 0.460 e. The van der Waals surface area contributed by atoms with E-state index in [0.29, 0.717) is 26.2 Å². The molecule has 0 heterocycles. The first-order chi connectivity index (χ1) is 25.6. The highest BCUT2D eigenvalue weighted by molar-refractivity contribution is 6.91. The Bertz CT molecular complexity index is 1420. The quantitative estimate of drug-likeness (QED) is 0.0947. The molecule has 37 heteroatoms. The van der Waals surface area contributed by atoms with Gasteiger partial charge in [-0.25, -0.2) is 0 Å². The summed E-state index contributed by atoms with van der Waals surface area (Å²) in [5.74, 6) is -118. The van der Waals surface area contributed by atoms with E-state index in [-0.39, 0.29) is 0 Å². The summed E-state index contributed by atoms with van der Waals surface area (Å²) >= 11 is 0. The predicted molar refractivity (Wildman–Crippen MR) is 138 cm³/mol. The number of rotatable bonds is 20. The smallest absolute Gasteiger partial charge is 0.359 e. The third-order valence-electron chi connectivity index (χ3n) is 8.38. The van der Waals surface area contributed by atoms with Crippen LogP contribution >= 0.6 is 0 Å². The van der Waals surface area contributed by atoms with Crippen LogP contribution in [0.4, 0.5) is 149 Å². The molecule has 0 atom stereocenters. The second-order valence-corrected chi connectivity index (χ2v) is 23.7. The molecular formula is C24H21F34NSi2. The van der Waals surface area contributed by atoms with Gasteiger partial charge in [0.15, 0.2) is 0 Å². The SMILES string of the molecule is C[Si](C)(CCC(F)(F)C(F)(F)C(F)(F)C(F)(F)C(F)(F)C(F)(F)C(F)(F)C(F)(F)F)N[Si](C)(C)CCC(F)(F)C(F)(F)C(F)(F)C(F)(F)C(F)(F)C(F)(F)C(F)(F)C(F)(F)F. The molecule has 0 spiro atoms. The number of hydrogen-bond donors (Lipinski definition) is 1. The van der Waals surface area contributed by atoms with Crippen molar-refractivity contribution in [3.05, 3.63) is 0 Å². The number of nitrogens with one attached hydrogen (secondary N) is 1. The molecular weight excluding hydrogens is 1000 g/mol. The number of halogens is 34. The summed E-state index contributed by atoms with van der Waals surface area (Å²) in [6.07, 6.45) is -22.3. The maximum Gasteiger partial charge on any atom is 0.460 e. The Labute approximate surface area is 317 Å². The van der Waals surface area contributed by atoms with Crippen molar-refractivity contribution in [2.24, 2.45) is 0 Å². The van der Waals surface area contributed by atoms with E-state index < -0.39 is 137 Å². The zero-order valence-corrected chi connectivity index (χ0v) is 31.2. The van der Waals surface area contributed by atoms with E-state index in [0.717, 1.165) is 0 Å². The molecule has 0 saturated carbocycles. The molecule has 0 saturated heterocycles. The molecule has 0 aromatic carbocycles. The van der Waals surface area contributed by atoms with Gasteiger partial charge in [0.25, 0.3) is 0 Å². The minimum Gasteiger partial charge on any atom is -0.359 e. The van der Waals surface area contributed by atoms with Crippen molar-refractivity contribution in [3.63, 3.8) is 0 Å². The summed E-state index contributed by atoms with van der Waals surface area (Å²) in [5, 5.41) is 0. The zero-order valence-electron chi connectivity index (χ0n) is 29.2. The third kappa shape index (κ3) is 8.78. The van der Waals surface area contributed by atoms with Gasteiger partial charge >= 0.3 is 95.3 Å². The molecule has 0 aliphatic rings. The standard InChI is InChI=1S/C24H21F34NSi2/c1-60(2,7-5-9(25,26)11(29,30)13(33,34)15(37,38)17(41,42)19(45,46)21(49,50)23(53,54)55)59-61(3,4)8-6-10(27,28)12(31,32)14(35,36)16(39,40)18(43,44)20(47,48)22(51,52)24(56,57)58/h59H,5-8H2,1-4H3.